The maximum atomic E-state index is 11.9. The van der Waals surface area contributed by atoms with Gasteiger partial charge in [-0.15, -0.1) is 0 Å². The largest absolute Gasteiger partial charge is 0.409 e. The van der Waals surface area contributed by atoms with E-state index in [1.165, 1.54) is 10.6 Å². The minimum absolute atomic E-state index is 1.24. The molecule has 0 bridgehead atoms. The van der Waals surface area contributed by atoms with E-state index in [2.05, 4.69) is 0 Å². The maximum absolute atomic E-state index is 11.9. The molecule has 1 fully saturated rings. The Morgan fingerprint density at radius 1 is 1.00 bits per heavy atom. The first kappa shape index (κ1) is 9.49. The second kappa shape index (κ2) is 2.71. The number of rotatable bonds is 0. The molecule has 72 valence electrons. The van der Waals surface area contributed by atoms with Gasteiger partial charge in [0.05, 0.1) is 0 Å². The zero-order chi connectivity index (χ0) is 10.2. The van der Waals surface area contributed by atoms with Gasteiger partial charge in [-0.25, -0.2) is 4.79 Å². The van der Waals surface area contributed by atoms with Gasteiger partial charge in [0.2, 0.25) is 17.7 Å². The molecule has 0 unspecified atom stereocenters. The van der Waals surface area contributed by atoms with E-state index in [1.54, 1.807) is 0 Å². The van der Waals surface area contributed by atoms with Crippen molar-refractivity contribution >= 4 is 17.8 Å². The number of nitrogens with one attached hydrogen (secondary N) is 2. The highest BCUT2D eigenvalue weighted by atomic mass is 19.4. The number of halogens is 3. The molecule has 1 aliphatic rings. The summed E-state index contributed by atoms with van der Waals surface area (Å²) in [6.45, 7) is 0. The number of amides is 4. The van der Waals surface area contributed by atoms with Gasteiger partial charge in [-0.2, -0.15) is 13.2 Å². The summed E-state index contributed by atoms with van der Waals surface area (Å²) in [5.74, 6) is -6.10. The van der Waals surface area contributed by atoms with Crippen LogP contribution in [0.5, 0.6) is 0 Å². The van der Waals surface area contributed by atoms with Gasteiger partial charge in [0.25, 0.3) is 0 Å². The van der Waals surface area contributed by atoms with Crippen LogP contribution in [0.1, 0.15) is 0 Å². The topological polar surface area (TPSA) is 75.3 Å². The van der Waals surface area contributed by atoms with Crippen molar-refractivity contribution in [1.82, 2.24) is 10.6 Å². The lowest BCUT2D eigenvalue weighted by Crippen LogP contribution is -2.59. The van der Waals surface area contributed by atoms with E-state index in [0.29, 0.717) is 0 Å². The Balaban J connectivity index is 2.92. The van der Waals surface area contributed by atoms with Crippen LogP contribution in [-0.2, 0) is 9.59 Å². The highest BCUT2D eigenvalue weighted by Gasteiger charge is 2.53. The Morgan fingerprint density at radius 2 is 1.38 bits per heavy atom. The molecule has 0 aromatic carbocycles. The summed E-state index contributed by atoms with van der Waals surface area (Å²) in [7, 11) is 0. The van der Waals surface area contributed by atoms with Crippen LogP contribution in [0.25, 0.3) is 0 Å². The number of alkyl halides is 3. The standard InChI is InChI=1S/C5H3F3N2O3/c6-5(7,8)1-2(11)9-4(13)10-3(1)12/h1H,(H2,9,10,11,12,13). The normalized spacial score (nSPS) is 19.8. The van der Waals surface area contributed by atoms with Gasteiger partial charge in [-0.3, -0.25) is 20.2 Å². The summed E-state index contributed by atoms with van der Waals surface area (Å²) in [5.41, 5.74) is 0. The average Bonchev–Trinajstić information content (AvgIpc) is 1.78. The molecule has 0 aliphatic carbocycles. The fourth-order valence-corrected chi connectivity index (χ4v) is 0.816. The van der Waals surface area contributed by atoms with Crippen LogP contribution < -0.4 is 10.6 Å². The summed E-state index contributed by atoms with van der Waals surface area (Å²) in [6.07, 6.45) is -4.98. The van der Waals surface area contributed by atoms with Gasteiger partial charge in [-0.05, 0) is 0 Å². The third-order valence-corrected chi connectivity index (χ3v) is 1.33. The molecule has 0 spiro atoms. The third-order valence-electron chi connectivity index (χ3n) is 1.33. The quantitative estimate of drug-likeness (QED) is 0.514. The van der Waals surface area contributed by atoms with Crippen molar-refractivity contribution in [2.75, 3.05) is 0 Å². The van der Waals surface area contributed by atoms with Crippen LogP contribution in [0.4, 0.5) is 18.0 Å². The molecule has 0 aromatic heterocycles. The zero-order valence-corrected chi connectivity index (χ0v) is 5.94. The molecule has 4 amide bonds. The van der Waals surface area contributed by atoms with Crippen LogP contribution in [0.15, 0.2) is 0 Å². The Hall–Kier alpha value is -1.60. The number of hydrogen-bond donors (Lipinski definition) is 2. The van der Waals surface area contributed by atoms with Gasteiger partial charge in [-0.1, -0.05) is 0 Å². The molecule has 1 heterocycles. The highest BCUT2D eigenvalue weighted by Crippen LogP contribution is 2.27. The maximum Gasteiger partial charge on any atom is 0.409 e. The first-order chi connectivity index (χ1) is 5.82. The minimum atomic E-state index is -4.98. The van der Waals surface area contributed by atoms with Crippen molar-refractivity contribution in [2.45, 2.75) is 6.18 Å². The van der Waals surface area contributed by atoms with E-state index >= 15 is 0 Å². The van der Waals surface area contributed by atoms with Gasteiger partial charge in [0.1, 0.15) is 0 Å². The van der Waals surface area contributed by atoms with Crippen LogP contribution >= 0.6 is 0 Å². The molecule has 0 saturated carbocycles. The lowest BCUT2D eigenvalue weighted by Gasteiger charge is -2.22. The van der Waals surface area contributed by atoms with Crippen LogP contribution in [0.2, 0.25) is 0 Å². The number of imide groups is 2. The first-order valence-corrected chi connectivity index (χ1v) is 3.05. The molecule has 1 aliphatic heterocycles. The fourth-order valence-electron chi connectivity index (χ4n) is 0.816. The van der Waals surface area contributed by atoms with Gasteiger partial charge >= 0.3 is 12.2 Å². The number of urea groups is 1. The molecule has 1 rings (SSSR count). The lowest BCUT2D eigenvalue weighted by molar-refractivity contribution is -0.187. The van der Waals surface area contributed by atoms with E-state index in [0.717, 1.165) is 0 Å². The molecule has 0 aromatic rings. The number of barbiturate groups is 1. The fraction of sp³-hybridized carbons (Fsp3) is 0.400. The van der Waals surface area contributed by atoms with Crippen molar-refractivity contribution in [1.29, 1.82) is 0 Å². The van der Waals surface area contributed by atoms with Crippen molar-refractivity contribution < 1.29 is 27.6 Å². The van der Waals surface area contributed by atoms with Crippen LogP contribution in [0.3, 0.4) is 0 Å². The molecule has 13 heavy (non-hydrogen) atoms. The molecule has 0 radical (unpaired) electrons. The van der Waals surface area contributed by atoms with E-state index in [9.17, 15) is 27.6 Å². The Labute approximate surface area is 69.3 Å². The van der Waals surface area contributed by atoms with Crippen LogP contribution in [-0.4, -0.2) is 24.0 Å². The van der Waals surface area contributed by atoms with Gasteiger partial charge in [0.15, 0.2) is 0 Å². The summed E-state index contributed by atoms with van der Waals surface area (Å²) in [4.78, 5) is 31.4. The summed E-state index contributed by atoms with van der Waals surface area (Å²) >= 11 is 0. The SMILES string of the molecule is O=C1NC(=O)C(C(F)(F)F)C(=O)N1. The van der Waals surface area contributed by atoms with Gasteiger partial charge < -0.3 is 0 Å². The summed E-state index contributed by atoms with van der Waals surface area (Å²) < 4.78 is 35.8. The third kappa shape index (κ3) is 1.76. The smallest absolute Gasteiger partial charge is 0.277 e. The van der Waals surface area contributed by atoms with E-state index < -0.39 is 29.9 Å². The summed E-state index contributed by atoms with van der Waals surface area (Å²) in [5, 5.41) is 2.67. The monoisotopic (exact) mass is 196 g/mol. The average molecular weight is 196 g/mol. The minimum Gasteiger partial charge on any atom is -0.277 e. The van der Waals surface area contributed by atoms with E-state index in [-0.39, 0.29) is 0 Å². The number of carbonyl (C=O) groups is 3. The van der Waals surface area contributed by atoms with Crippen molar-refractivity contribution in [3.8, 4) is 0 Å². The zero-order valence-electron chi connectivity index (χ0n) is 5.94. The molecule has 0 atom stereocenters. The molecular formula is C5H3F3N2O3. The van der Waals surface area contributed by atoms with Gasteiger partial charge in [0, 0.05) is 0 Å². The predicted molar refractivity (Wildman–Crippen MR) is 31.2 cm³/mol. The Morgan fingerprint density at radius 3 is 1.69 bits per heavy atom. The second-order valence-corrected chi connectivity index (χ2v) is 2.28. The molecule has 8 heteroatoms. The van der Waals surface area contributed by atoms with Crippen molar-refractivity contribution in [3.05, 3.63) is 0 Å². The highest BCUT2D eigenvalue weighted by molar-refractivity contribution is 6.16. The lowest BCUT2D eigenvalue weighted by atomic mass is 10.1. The first-order valence-electron chi connectivity index (χ1n) is 3.05. The number of carbonyl (C=O) groups excluding carboxylic acids is 3. The molecule has 5 nitrogen and oxygen atoms in total. The van der Waals surface area contributed by atoms with Crippen molar-refractivity contribution in [3.63, 3.8) is 0 Å². The van der Waals surface area contributed by atoms with Crippen molar-refractivity contribution in [2.24, 2.45) is 5.92 Å². The van der Waals surface area contributed by atoms with E-state index in [4.69, 9.17) is 0 Å². The Bertz CT molecular complexity index is 265. The predicted octanol–water partition coefficient (Wildman–Crippen LogP) is -0.469. The molecule has 2 N–H and O–H groups in total. The number of hydrogen-bond acceptors (Lipinski definition) is 3. The van der Waals surface area contributed by atoms with Crippen LogP contribution in [0, 0.1) is 5.92 Å². The Kier molecular flexibility index (Phi) is 1.98. The second-order valence-electron chi connectivity index (χ2n) is 2.28. The van der Waals surface area contributed by atoms with E-state index in [1.807, 2.05) is 0 Å². The summed E-state index contributed by atoms with van der Waals surface area (Å²) in [6, 6.07) is -1.24. The molecular weight excluding hydrogens is 193 g/mol. The molecule has 1 saturated heterocycles.